The van der Waals surface area contributed by atoms with Gasteiger partial charge in [-0.2, -0.15) is 0 Å². The van der Waals surface area contributed by atoms with Gasteiger partial charge in [-0.15, -0.1) is 0 Å². The average Bonchev–Trinajstić information content (AvgIpc) is 2.09. The van der Waals surface area contributed by atoms with E-state index in [0.717, 1.165) is 0 Å². The molecular weight excluding hydrogens is 174 g/mol. The summed E-state index contributed by atoms with van der Waals surface area (Å²) in [4.78, 5) is 20.8. The van der Waals surface area contributed by atoms with Crippen molar-refractivity contribution in [2.75, 3.05) is 13.6 Å². The normalized spacial score (nSPS) is 13.1. The van der Waals surface area contributed by atoms with E-state index in [4.69, 9.17) is 12.2 Å². The van der Waals surface area contributed by atoms with Crippen LogP contribution in [0.3, 0.4) is 0 Å². The van der Waals surface area contributed by atoms with Crippen molar-refractivity contribution in [3.63, 3.8) is 0 Å². The van der Waals surface area contributed by atoms with Crippen molar-refractivity contribution in [1.29, 1.82) is 0 Å². The smallest absolute Gasteiger partial charge is 0.320 e. The van der Waals surface area contributed by atoms with Gasteiger partial charge in [0.05, 0.1) is 0 Å². The van der Waals surface area contributed by atoms with Gasteiger partial charge in [0.15, 0.2) is 0 Å². The summed E-state index contributed by atoms with van der Waals surface area (Å²) in [5.74, 6) is -0.990. The summed E-state index contributed by atoms with van der Waals surface area (Å²) in [7, 11) is -0.139. The number of hydrogen-bond donors (Lipinski definition) is 4. The second kappa shape index (κ2) is 6.24. The number of carboxylic acids is 1. The van der Waals surface area contributed by atoms with E-state index >= 15 is 0 Å². The van der Waals surface area contributed by atoms with Crippen molar-refractivity contribution >= 4 is 12.0 Å². The van der Waals surface area contributed by atoms with Gasteiger partial charge in [0.2, 0.25) is 0 Å². The Labute approximate surface area is 77.9 Å². The van der Waals surface area contributed by atoms with E-state index in [1.807, 2.05) is 0 Å². The van der Waals surface area contributed by atoms with E-state index in [1.54, 1.807) is 0 Å². The van der Waals surface area contributed by atoms with Gasteiger partial charge in [-0.3, -0.25) is 4.79 Å². The van der Waals surface area contributed by atoms with Crippen LogP contribution < -0.4 is 16.4 Å². The number of amides is 2. The Morgan fingerprint density at radius 1 is 1.69 bits per heavy atom. The second-order valence-electron chi connectivity index (χ2n) is 2.53. The maximum atomic E-state index is 10.6. The largest absolute Gasteiger partial charge is 0.480 e. The van der Waals surface area contributed by atoms with E-state index in [0.29, 0.717) is 19.4 Å². The first-order chi connectivity index (χ1) is 6.57. The zero-order valence-electron chi connectivity index (χ0n) is 8.25. The summed E-state index contributed by atoms with van der Waals surface area (Å²) in [5, 5.41) is 13.5. The molecule has 0 aromatic carbocycles. The van der Waals surface area contributed by atoms with E-state index in [1.165, 1.54) is 0 Å². The number of primary amides is 1. The van der Waals surface area contributed by atoms with Gasteiger partial charge in [-0.05, 0) is 19.9 Å². The molecule has 0 aromatic rings. The molecule has 6 nitrogen and oxygen atoms in total. The van der Waals surface area contributed by atoms with Gasteiger partial charge in [0, 0.05) is 7.92 Å². The van der Waals surface area contributed by atoms with Crippen LogP contribution >= 0.6 is 0 Å². The molecule has 0 saturated carbocycles. The summed E-state index contributed by atoms with van der Waals surface area (Å²) >= 11 is 0. The van der Waals surface area contributed by atoms with Crippen LogP contribution in [-0.4, -0.2) is 36.7 Å². The number of nitrogens with one attached hydrogen (secondary N) is 2. The van der Waals surface area contributed by atoms with Gasteiger partial charge in [-0.1, -0.05) is 0 Å². The Kier molecular flexibility index (Phi) is 4.70. The Hall–Kier alpha value is -1.30. The molecule has 0 fully saturated rings. The van der Waals surface area contributed by atoms with E-state index in [2.05, 4.69) is 10.6 Å². The average molecular weight is 190 g/mol. The number of nitrogens with two attached hydrogens (primary N) is 1. The van der Waals surface area contributed by atoms with Crippen LogP contribution in [0.1, 0.15) is 14.2 Å². The first kappa shape index (κ1) is 9.79. The number of carbonyl (C=O) groups excluding carboxylic acids is 1. The summed E-state index contributed by atoms with van der Waals surface area (Å²) in [6, 6.07) is -1.35. The van der Waals surface area contributed by atoms with E-state index in [9.17, 15) is 9.59 Å². The Morgan fingerprint density at radius 2 is 2.38 bits per heavy atom. The lowest BCUT2D eigenvalue weighted by molar-refractivity contribution is -0.139. The molecule has 0 bridgehead atoms. The lowest BCUT2D eigenvalue weighted by Crippen LogP contribution is -2.35. The van der Waals surface area contributed by atoms with Crippen molar-refractivity contribution in [2.24, 2.45) is 5.73 Å². The molecule has 1 atom stereocenters. The molecule has 0 heterocycles. The van der Waals surface area contributed by atoms with Crippen LogP contribution in [0.2, 0.25) is 0 Å². The lowest BCUT2D eigenvalue weighted by Gasteiger charge is -2.10. The molecule has 2 amide bonds. The first-order valence-corrected chi connectivity index (χ1v) is 3.86. The summed E-state index contributed by atoms with van der Waals surface area (Å²) in [6.45, 7) is 0.346. The number of aliphatic carboxylic acids is 1. The molecule has 0 aromatic heterocycles. The molecule has 0 radical (unpaired) electrons. The Bertz CT molecular complexity index is 201. The Morgan fingerprint density at radius 3 is 2.85 bits per heavy atom. The molecule has 0 unspecified atom stereocenters. The number of urea groups is 1. The minimum absolute atomic E-state index is 0.139. The molecule has 0 saturated heterocycles. The lowest BCUT2D eigenvalue weighted by atomic mass is 10.1. The molecular formula is C7H15N3O3. The fourth-order valence-corrected chi connectivity index (χ4v) is 0.831. The Balaban J connectivity index is 3.61. The van der Waals surface area contributed by atoms with Gasteiger partial charge < -0.3 is 21.5 Å². The van der Waals surface area contributed by atoms with Crippen LogP contribution in [0.5, 0.6) is 0 Å². The highest BCUT2D eigenvalue weighted by Crippen LogP contribution is 1.95. The van der Waals surface area contributed by atoms with Crippen molar-refractivity contribution in [2.45, 2.75) is 18.9 Å². The molecule has 76 valence electrons. The minimum Gasteiger partial charge on any atom is -0.480 e. The third-order valence-electron chi connectivity index (χ3n) is 1.51. The second-order valence-corrected chi connectivity index (χ2v) is 2.53. The van der Waals surface area contributed by atoms with E-state index < -0.39 is 18.0 Å². The predicted octanol–water partition coefficient (Wildman–Crippen LogP) is -0.892. The first-order valence-electron chi connectivity index (χ1n) is 4.57. The van der Waals surface area contributed by atoms with Crippen LogP contribution in [0.4, 0.5) is 4.79 Å². The van der Waals surface area contributed by atoms with Crippen LogP contribution in [0.15, 0.2) is 0 Å². The number of likely N-dealkylation sites (N-methyl/N-ethyl adjacent to an activating group) is 1. The minimum atomic E-state index is -0.990. The summed E-state index contributed by atoms with van der Waals surface area (Å²) < 4.78 is 6.81. The zero-order valence-corrected chi connectivity index (χ0v) is 7.25. The monoisotopic (exact) mass is 190 g/mol. The molecule has 0 spiro atoms. The molecule has 0 aliphatic heterocycles. The predicted molar refractivity (Wildman–Crippen MR) is 47.3 cm³/mol. The van der Waals surface area contributed by atoms with Gasteiger partial charge in [0.1, 0.15) is 6.04 Å². The number of hydrogen-bond acceptors (Lipinski definition) is 3. The summed E-state index contributed by atoms with van der Waals surface area (Å²) in [6.07, 6.45) is 0.862. The van der Waals surface area contributed by atoms with Gasteiger partial charge in [-0.25, -0.2) is 4.79 Å². The van der Waals surface area contributed by atoms with Crippen molar-refractivity contribution in [3.05, 3.63) is 0 Å². The summed E-state index contributed by atoms with van der Waals surface area (Å²) in [5.41, 5.74) is 4.82. The highest BCUT2D eigenvalue weighted by molar-refractivity contribution is 5.73. The van der Waals surface area contributed by atoms with Crippen molar-refractivity contribution in [3.8, 4) is 0 Å². The molecule has 0 aliphatic carbocycles. The number of rotatable bonds is 6. The topological polar surface area (TPSA) is 104 Å². The fourth-order valence-electron chi connectivity index (χ4n) is 0.831. The molecule has 0 aliphatic rings. The standard InChI is InChI=1S/C7H15N3O3/c1-9-5(6(11)12)3-2-4-10-7(8)13/h5,9H,2-4H2,1H3,(H,11,12)(H3,8,10,13)/t5-/m0/s1/i1D. The van der Waals surface area contributed by atoms with E-state index in [-0.39, 0.29) is 7.02 Å². The highest BCUT2D eigenvalue weighted by atomic mass is 16.4. The van der Waals surface area contributed by atoms with Gasteiger partial charge in [0.25, 0.3) is 0 Å². The van der Waals surface area contributed by atoms with Crippen LogP contribution in [0, 0.1) is 0 Å². The third-order valence-corrected chi connectivity index (χ3v) is 1.51. The van der Waals surface area contributed by atoms with Crippen molar-refractivity contribution < 1.29 is 16.1 Å². The molecule has 6 heteroatoms. The van der Waals surface area contributed by atoms with Crippen LogP contribution in [0.25, 0.3) is 0 Å². The zero-order chi connectivity index (χ0) is 11.0. The molecule has 5 N–H and O–H groups in total. The van der Waals surface area contributed by atoms with Crippen LogP contribution in [-0.2, 0) is 4.79 Å². The number of carbonyl (C=O) groups is 2. The maximum absolute atomic E-state index is 10.6. The number of carboxylic acid groups (broad SMARTS) is 1. The highest BCUT2D eigenvalue weighted by Gasteiger charge is 2.13. The quantitative estimate of drug-likeness (QED) is 0.408. The van der Waals surface area contributed by atoms with Crippen molar-refractivity contribution in [1.82, 2.24) is 10.6 Å². The molecule has 0 rings (SSSR count). The fraction of sp³-hybridized carbons (Fsp3) is 0.714. The maximum Gasteiger partial charge on any atom is 0.320 e. The van der Waals surface area contributed by atoms with Gasteiger partial charge >= 0.3 is 12.0 Å². The molecule has 13 heavy (non-hydrogen) atoms. The third kappa shape index (κ3) is 5.92. The SMILES string of the molecule is [2H]CN[C@@H](CCCNC(N)=O)C(=O)O.